The minimum absolute atomic E-state index is 0.887. The summed E-state index contributed by atoms with van der Waals surface area (Å²) in [5, 5.41) is 1.40. The highest BCUT2D eigenvalue weighted by molar-refractivity contribution is 7.98. The van der Waals surface area contributed by atoms with Crippen molar-refractivity contribution < 1.29 is 0 Å². The summed E-state index contributed by atoms with van der Waals surface area (Å²) >= 11 is 2.14. The third-order valence-electron chi connectivity index (χ3n) is 5.49. The number of piperidine rings is 2. The second kappa shape index (κ2) is 6.67. The number of aromatic nitrogens is 1. The van der Waals surface area contributed by atoms with Crippen LogP contribution in [0.1, 0.15) is 37.7 Å². The summed E-state index contributed by atoms with van der Waals surface area (Å²) in [4.78, 5) is 6.18. The quantitative estimate of drug-likeness (QED) is 0.884. The molecule has 1 N–H and O–H groups in total. The molecule has 2 aromatic rings. The van der Waals surface area contributed by atoms with Crippen LogP contribution in [0.25, 0.3) is 10.9 Å². The van der Waals surface area contributed by atoms with E-state index >= 15 is 0 Å². The maximum Gasteiger partial charge on any atom is 0.0457 e. The van der Waals surface area contributed by atoms with Gasteiger partial charge in [0.15, 0.2) is 0 Å². The summed E-state index contributed by atoms with van der Waals surface area (Å²) in [7, 11) is 0. The van der Waals surface area contributed by atoms with Gasteiger partial charge in [-0.2, -0.15) is 11.8 Å². The molecule has 2 atom stereocenters. The molecule has 0 aliphatic carbocycles. The predicted octanol–water partition coefficient (Wildman–Crippen LogP) is 4.67. The van der Waals surface area contributed by atoms with Crippen molar-refractivity contribution in [1.29, 1.82) is 0 Å². The van der Waals surface area contributed by atoms with Crippen LogP contribution in [0, 0.1) is 5.92 Å². The molecule has 0 bridgehead atoms. The van der Waals surface area contributed by atoms with Gasteiger partial charge in [0.05, 0.1) is 0 Å². The lowest BCUT2D eigenvalue weighted by molar-refractivity contribution is 0.0693. The number of rotatable bonds is 4. The number of thioether (sulfide) groups is 1. The molecule has 1 aromatic carbocycles. The van der Waals surface area contributed by atoms with Crippen LogP contribution in [0.2, 0.25) is 0 Å². The van der Waals surface area contributed by atoms with Crippen molar-refractivity contribution in [2.24, 2.45) is 5.92 Å². The van der Waals surface area contributed by atoms with E-state index < -0.39 is 0 Å². The fourth-order valence-electron chi connectivity index (χ4n) is 4.34. The third-order valence-corrected chi connectivity index (χ3v) is 6.67. The number of H-pyrrole nitrogens is 1. The lowest BCUT2D eigenvalue weighted by Crippen LogP contribution is -2.48. The number of aromatic amines is 1. The first-order chi connectivity index (χ1) is 10.9. The zero-order chi connectivity index (χ0) is 14.8. The molecule has 22 heavy (non-hydrogen) atoms. The number of hydrogen-bond donors (Lipinski definition) is 1. The summed E-state index contributed by atoms with van der Waals surface area (Å²) in [5.74, 6) is 3.40. The molecule has 0 saturated carbocycles. The van der Waals surface area contributed by atoms with Gasteiger partial charge in [-0.1, -0.05) is 24.6 Å². The van der Waals surface area contributed by atoms with Gasteiger partial charge in [0, 0.05) is 28.9 Å². The minimum Gasteiger partial charge on any atom is -0.361 e. The average Bonchev–Trinajstić information content (AvgIpc) is 2.99. The van der Waals surface area contributed by atoms with Crippen LogP contribution < -0.4 is 0 Å². The van der Waals surface area contributed by atoms with E-state index in [0.29, 0.717) is 0 Å². The van der Waals surface area contributed by atoms with Crippen LogP contribution in [0.3, 0.4) is 0 Å². The molecule has 0 unspecified atom stereocenters. The van der Waals surface area contributed by atoms with Gasteiger partial charge in [-0.15, -0.1) is 0 Å². The Morgan fingerprint density at radius 2 is 2.00 bits per heavy atom. The van der Waals surface area contributed by atoms with E-state index in [2.05, 4.69) is 52.1 Å². The van der Waals surface area contributed by atoms with Crippen molar-refractivity contribution in [1.82, 2.24) is 9.88 Å². The zero-order valence-electron chi connectivity index (χ0n) is 13.3. The van der Waals surface area contributed by atoms with E-state index in [4.69, 9.17) is 0 Å². The number of nitrogens with zero attached hydrogens (tertiary/aromatic N) is 1. The van der Waals surface area contributed by atoms with E-state index in [0.717, 1.165) is 17.7 Å². The minimum atomic E-state index is 0.887. The third kappa shape index (κ3) is 2.93. The number of fused-ring (bicyclic) bond motifs is 2. The van der Waals surface area contributed by atoms with Crippen molar-refractivity contribution in [3.63, 3.8) is 0 Å². The van der Waals surface area contributed by atoms with Crippen LogP contribution in [0.4, 0.5) is 0 Å². The largest absolute Gasteiger partial charge is 0.361 e. The summed E-state index contributed by atoms with van der Waals surface area (Å²) in [5.41, 5.74) is 2.74. The lowest BCUT2D eigenvalue weighted by Gasteiger charge is -2.44. The maximum absolute atomic E-state index is 3.40. The van der Waals surface area contributed by atoms with Crippen molar-refractivity contribution in [3.05, 3.63) is 36.0 Å². The van der Waals surface area contributed by atoms with Gasteiger partial charge in [0.2, 0.25) is 0 Å². The van der Waals surface area contributed by atoms with Gasteiger partial charge in [-0.25, -0.2) is 0 Å². The van der Waals surface area contributed by atoms with Gasteiger partial charge in [-0.05, 0) is 62.1 Å². The summed E-state index contributed by atoms with van der Waals surface area (Å²) in [6, 6.07) is 9.55. The normalized spacial score (nSPS) is 26.2. The molecule has 2 aliphatic rings. The fourth-order valence-corrected chi connectivity index (χ4v) is 5.61. The molecule has 4 rings (SSSR count). The molecule has 3 heteroatoms. The second-order valence-corrected chi connectivity index (χ2v) is 7.91. The monoisotopic (exact) mass is 314 g/mol. The fraction of sp³-hybridized carbons (Fsp3) is 0.579. The summed E-state index contributed by atoms with van der Waals surface area (Å²) in [6.45, 7) is 2.71. The van der Waals surface area contributed by atoms with Gasteiger partial charge in [0.25, 0.3) is 0 Å². The number of nitrogens with one attached hydrogen (secondary N) is 1. The molecule has 2 aliphatic heterocycles. The molecule has 1 aromatic heterocycles. The van der Waals surface area contributed by atoms with Gasteiger partial charge >= 0.3 is 0 Å². The standard InChI is InChI=1S/C19H26N2S/c1-2-8-18-17(7-1)16(12-20-18)14-22-13-15-6-5-11-21-10-4-3-9-19(15)21/h1-2,7-8,12,15,19-20H,3-6,9-11,13-14H2/t15-,19+/m0/s1. The highest BCUT2D eigenvalue weighted by Gasteiger charge is 2.32. The predicted molar refractivity (Wildman–Crippen MR) is 96.4 cm³/mol. The molecule has 118 valence electrons. The Bertz CT molecular complexity index is 619. The van der Waals surface area contributed by atoms with Gasteiger partial charge in [0.1, 0.15) is 0 Å². The Morgan fingerprint density at radius 1 is 1.09 bits per heavy atom. The smallest absolute Gasteiger partial charge is 0.0457 e. The highest BCUT2D eigenvalue weighted by atomic mass is 32.2. The van der Waals surface area contributed by atoms with Gasteiger partial charge < -0.3 is 9.88 Å². The first-order valence-corrected chi connectivity index (χ1v) is 9.94. The first-order valence-electron chi connectivity index (χ1n) is 8.78. The van der Waals surface area contributed by atoms with E-state index in [1.54, 1.807) is 0 Å². The molecule has 0 spiro atoms. The lowest BCUT2D eigenvalue weighted by atomic mass is 9.85. The Morgan fingerprint density at radius 3 is 3.00 bits per heavy atom. The number of hydrogen-bond acceptors (Lipinski definition) is 2. The number of para-hydroxylation sites is 1. The molecule has 0 radical (unpaired) electrons. The van der Waals surface area contributed by atoms with Crippen molar-refractivity contribution in [2.45, 2.75) is 43.9 Å². The van der Waals surface area contributed by atoms with Crippen LogP contribution in [-0.2, 0) is 5.75 Å². The zero-order valence-corrected chi connectivity index (χ0v) is 14.1. The molecule has 0 amide bonds. The van der Waals surface area contributed by atoms with Crippen LogP contribution in [-0.4, -0.2) is 34.8 Å². The van der Waals surface area contributed by atoms with E-state index in [1.165, 1.54) is 67.4 Å². The van der Waals surface area contributed by atoms with Crippen molar-refractivity contribution >= 4 is 22.7 Å². The Balaban J connectivity index is 1.36. The van der Waals surface area contributed by atoms with E-state index in [-0.39, 0.29) is 0 Å². The Hall–Kier alpha value is -0.930. The van der Waals surface area contributed by atoms with Crippen molar-refractivity contribution in [3.8, 4) is 0 Å². The van der Waals surface area contributed by atoms with E-state index in [9.17, 15) is 0 Å². The molecule has 3 heterocycles. The number of benzene rings is 1. The molecule has 2 saturated heterocycles. The Labute approximate surface area is 137 Å². The first kappa shape index (κ1) is 14.6. The van der Waals surface area contributed by atoms with Gasteiger partial charge in [-0.3, -0.25) is 0 Å². The SMILES string of the molecule is c1ccc2c(CSC[C@@H]3CCCN4CCCC[C@H]34)c[nH]c2c1. The molecular formula is C19H26N2S. The molecule has 2 fully saturated rings. The summed E-state index contributed by atoms with van der Waals surface area (Å²) in [6.07, 6.45) is 9.37. The molecular weight excluding hydrogens is 288 g/mol. The van der Waals surface area contributed by atoms with Crippen molar-refractivity contribution in [2.75, 3.05) is 18.8 Å². The average molecular weight is 314 g/mol. The topological polar surface area (TPSA) is 19.0 Å². The molecule has 2 nitrogen and oxygen atoms in total. The second-order valence-electron chi connectivity index (χ2n) is 6.88. The van der Waals surface area contributed by atoms with Crippen LogP contribution in [0.5, 0.6) is 0 Å². The van der Waals surface area contributed by atoms with Crippen LogP contribution in [0.15, 0.2) is 30.5 Å². The Kier molecular flexibility index (Phi) is 4.44. The highest BCUT2D eigenvalue weighted by Crippen LogP contribution is 2.34. The maximum atomic E-state index is 3.40. The summed E-state index contributed by atoms with van der Waals surface area (Å²) < 4.78 is 0. The van der Waals surface area contributed by atoms with Crippen LogP contribution >= 0.6 is 11.8 Å². The van der Waals surface area contributed by atoms with E-state index in [1.807, 2.05) is 0 Å².